The molecule has 0 unspecified atom stereocenters. The van der Waals surface area contributed by atoms with E-state index in [0.717, 1.165) is 0 Å². The Bertz CT molecular complexity index is 458. The minimum atomic E-state index is 1.30. The Morgan fingerprint density at radius 2 is 1.80 bits per heavy atom. The summed E-state index contributed by atoms with van der Waals surface area (Å²) in [7, 11) is 2.14. The van der Waals surface area contributed by atoms with Gasteiger partial charge in [0.25, 0.3) is 0 Å². The first-order valence-electron chi connectivity index (χ1n) is 5.75. The van der Waals surface area contributed by atoms with Gasteiger partial charge < -0.3 is 0 Å². The van der Waals surface area contributed by atoms with Gasteiger partial charge in [0, 0.05) is 6.07 Å². The number of fused-ring (bicyclic) bond motifs is 1. The molecule has 0 N–H and O–H groups in total. The Morgan fingerprint density at radius 1 is 1.07 bits per heavy atom. The summed E-state index contributed by atoms with van der Waals surface area (Å²) >= 11 is 0. The smallest absolute Gasteiger partial charge is 0.200 e. The molecular weight excluding hydrogens is 182 g/mol. The molecule has 1 aromatic carbocycles. The lowest BCUT2D eigenvalue weighted by molar-refractivity contribution is -0.395. The van der Waals surface area contributed by atoms with Crippen molar-refractivity contribution < 1.29 is 4.58 Å². The third-order valence-corrected chi connectivity index (χ3v) is 3.48. The predicted octanol–water partition coefficient (Wildman–Crippen LogP) is 3.37. The van der Waals surface area contributed by atoms with Gasteiger partial charge in [-0.2, -0.15) is 0 Å². The molecule has 1 saturated carbocycles. The highest BCUT2D eigenvalue weighted by Gasteiger charge is 2.25. The molecule has 0 aromatic heterocycles. The van der Waals surface area contributed by atoms with E-state index in [1.807, 2.05) is 0 Å². The highest BCUT2D eigenvalue weighted by atomic mass is 15.0. The quantitative estimate of drug-likeness (QED) is 0.562. The minimum Gasteiger partial charge on any atom is -0.200 e. The third kappa shape index (κ3) is 1.34. The van der Waals surface area contributed by atoms with Crippen LogP contribution in [0.5, 0.6) is 0 Å². The molecule has 15 heavy (non-hydrogen) atoms. The number of para-hydroxylation sites is 1. The number of nitrogens with zero attached hydrogens (tertiary/aromatic N) is 1. The number of benzene rings is 1. The van der Waals surface area contributed by atoms with E-state index < -0.39 is 0 Å². The first-order valence-corrected chi connectivity index (χ1v) is 5.75. The van der Waals surface area contributed by atoms with E-state index in [1.54, 1.807) is 5.57 Å². The average Bonchev–Trinajstić information content (AvgIpc) is 2.87. The molecule has 1 nitrogen and oxygen atoms in total. The van der Waals surface area contributed by atoms with Gasteiger partial charge in [-0.15, -0.1) is 0 Å². The van der Waals surface area contributed by atoms with E-state index >= 15 is 0 Å². The van der Waals surface area contributed by atoms with E-state index in [4.69, 9.17) is 0 Å². The van der Waals surface area contributed by atoms with Gasteiger partial charge in [-0.05, 0) is 31.7 Å². The maximum Gasteiger partial charge on any atom is 0.213 e. The van der Waals surface area contributed by atoms with E-state index in [1.165, 1.54) is 42.5 Å². The molecule has 0 bridgehead atoms. The molecule has 0 saturated heterocycles. The van der Waals surface area contributed by atoms with Crippen LogP contribution in [-0.4, -0.2) is 17.8 Å². The maximum absolute atomic E-state index is 2.30. The van der Waals surface area contributed by atoms with E-state index in [-0.39, 0.29) is 0 Å². The van der Waals surface area contributed by atoms with E-state index in [0.29, 0.717) is 0 Å². The first kappa shape index (κ1) is 8.90. The van der Waals surface area contributed by atoms with Crippen LogP contribution in [0.25, 0.3) is 5.57 Å². The Kier molecular flexibility index (Phi) is 1.98. The summed E-state index contributed by atoms with van der Waals surface area (Å²) in [6, 6.07) is 8.71. The molecular formula is C14H16N+. The molecule has 0 radical (unpaired) electrons. The molecule has 1 aliphatic carbocycles. The van der Waals surface area contributed by atoms with Gasteiger partial charge in [-0.1, -0.05) is 17.7 Å². The van der Waals surface area contributed by atoms with Crippen LogP contribution in [0.1, 0.15) is 31.2 Å². The third-order valence-electron chi connectivity index (χ3n) is 3.48. The Balaban J connectivity index is 2.18. The lowest BCUT2D eigenvalue weighted by atomic mass is 10.0. The first-order chi connectivity index (χ1) is 7.36. The summed E-state index contributed by atoms with van der Waals surface area (Å²) in [5, 5.41) is 0. The molecule has 1 fully saturated rings. The van der Waals surface area contributed by atoms with Gasteiger partial charge in [0.05, 0.1) is 11.1 Å². The van der Waals surface area contributed by atoms with Crippen LogP contribution >= 0.6 is 0 Å². The standard InChI is InChI=1S/C14H16N/c1-15-10-13(11-6-2-3-7-11)12-8-4-5-9-14(12)15/h4-5,8-10H,2-3,6-7H2,1H3/q+1. The minimum absolute atomic E-state index is 1.30. The van der Waals surface area contributed by atoms with E-state index in [9.17, 15) is 0 Å². The molecule has 1 heteroatoms. The molecule has 0 amide bonds. The lowest BCUT2D eigenvalue weighted by Crippen LogP contribution is -1.91. The van der Waals surface area contributed by atoms with Crippen molar-refractivity contribution in [3.63, 3.8) is 0 Å². The topological polar surface area (TPSA) is 3.01 Å². The fourth-order valence-electron chi connectivity index (χ4n) is 2.69. The van der Waals surface area contributed by atoms with Crippen molar-refractivity contribution in [1.29, 1.82) is 0 Å². The summed E-state index contributed by atoms with van der Waals surface area (Å²) in [4.78, 5) is 0. The number of hydrogen-bond acceptors (Lipinski definition) is 0. The summed E-state index contributed by atoms with van der Waals surface area (Å²) in [5.41, 5.74) is 5.93. The van der Waals surface area contributed by atoms with Crippen molar-refractivity contribution in [2.75, 3.05) is 7.05 Å². The number of allylic oxidation sites excluding steroid dienone is 2. The van der Waals surface area contributed by atoms with Crippen LogP contribution in [0.2, 0.25) is 0 Å². The maximum atomic E-state index is 2.30. The van der Waals surface area contributed by atoms with E-state index in [2.05, 4.69) is 42.1 Å². The fraction of sp³-hybridized carbons (Fsp3) is 0.357. The van der Waals surface area contributed by atoms with Crippen molar-refractivity contribution in [3.05, 3.63) is 35.4 Å². The van der Waals surface area contributed by atoms with Gasteiger partial charge in [0.2, 0.25) is 5.69 Å². The zero-order valence-electron chi connectivity index (χ0n) is 9.16. The molecule has 1 heterocycles. The predicted molar refractivity (Wildman–Crippen MR) is 63.7 cm³/mol. The van der Waals surface area contributed by atoms with Crippen LogP contribution < -0.4 is 0 Å². The fourth-order valence-corrected chi connectivity index (χ4v) is 2.69. The SMILES string of the molecule is C[N+]1=CC(=C2CCCC2)c2ccccc21. The van der Waals surface area contributed by atoms with Gasteiger partial charge in [-0.25, -0.2) is 4.58 Å². The highest BCUT2D eigenvalue weighted by Crippen LogP contribution is 2.37. The van der Waals surface area contributed by atoms with Gasteiger partial charge in [0.15, 0.2) is 6.21 Å². The van der Waals surface area contributed by atoms with Crippen molar-refractivity contribution in [2.24, 2.45) is 0 Å². The molecule has 0 spiro atoms. The molecule has 1 aromatic rings. The largest absolute Gasteiger partial charge is 0.213 e. The second-order valence-electron chi connectivity index (χ2n) is 4.48. The summed E-state index contributed by atoms with van der Waals surface area (Å²) in [6.45, 7) is 0. The Labute approximate surface area is 90.8 Å². The number of hydrogen-bond donors (Lipinski definition) is 0. The van der Waals surface area contributed by atoms with Crippen molar-refractivity contribution in [3.8, 4) is 0 Å². The zero-order valence-corrected chi connectivity index (χ0v) is 9.16. The molecule has 76 valence electrons. The van der Waals surface area contributed by atoms with Crippen molar-refractivity contribution in [2.45, 2.75) is 25.7 Å². The van der Waals surface area contributed by atoms with Crippen LogP contribution in [0.3, 0.4) is 0 Å². The molecule has 2 aliphatic rings. The molecule has 0 atom stereocenters. The average molecular weight is 198 g/mol. The van der Waals surface area contributed by atoms with Crippen LogP contribution in [-0.2, 0) is 0 Å². The van der Waals surface area contributed by atoms with Gasteiger partial charge >= 0.3 is 0 Å². The highest BCUT2D eigenvalue weighted by molar-refractivity contribution is 6.13. The zero-order chi connectivity index (χ0) is 10.3. The monoisotopic (exact) mass is 198 g/mol. The molecule has 3 rings (SSSR count). The summed E-state index contributed by atoms with van der Waals surface area (Å²) in [6.07, 6.45) is 7.64. The van der Waals surface area contributed by atoms with Crippen molar-refractivity contribution >= 4 is 17.5 Å². The van der Waals surface area contributed by atoms with Crippen LogP contribution in [0, 0.1) is 0 Å². The number of rotatable bonds is 0. The van der Waals surface area contributed by atoms with Gasteiger partial charge in [0.1, 0.15) is 7.05 Å². The summed E-state index contributed by atoms with van der Waals surface area (Å²) in [5.74, 6) is 0. The Hall–Kier alpha value is -1.37. The second kappa shape index (κ2) is 3.34. The van der Waals surface area contributed by atoms with Crippen LogP contribution in [0.4, 0.5) is 5.69 Å². The van der Waals surface area contributed by atoms with Crippen molar-refractivity contribution in [1.82, 2.24) is 0 Å². The second-order valence-corrected chi connectivity index (χ2v) is 4.48. The lowest BCUT2D eigenvalue weighted by Gasteiger charge is -1.99. The normalized spacial score (nSPS) is 19.4. The van der Waals surface area contributed by atoms with Gasteiger partial charge in [-0.3, -0.25) is 0 Å². The van der Waals surface area contributed by atoms with Crippen LogP contribution in [0.15, 0.2) is 29.8 Å². The Morgan fingerprint density at radius 3 is 2.60 bits per heavy atom. The molecule has 1 aliphatic heterocycles. The summed E-state index contributed by atoms with van der Waals surface area (Å²) < 4.78 is 2.25.